The Balaban J connectivity index is 2.36. The van der Waals surface area contributed by atoms with Gasteiger partial charge >= 0.3 is 0 Å². The summed E-state index contributed by atoms with van der Waals surface area (Å²) >= 11 is 0. The van der Waals surface area contributed by atoms with Crippen LogP contribution in [0.3, 0.4) is 0 Å². The Labute approximate surface area is 102 Å². The van der Waals surface area contributed by atoms with Crippen LogP contribution in [0.1, 0.15) is 34.1 Å². The molecule has 0 amide bonds. The molecule has 0 saturated heterocycles. The van der Waals surface area contributed by atoms with Crippen molar-refractivity contribution in [1.29, 1.82) is 0 Å². The zero-order valence-corrected chi connectivity index (χ0v) is 10.4. The fourth-order valence-corrected chi connectivity index (χ4v) is 1.90. The smallest absolute Gasteiger partial charge is 0.0799 e. The Morgan fingerprint density at radius 1 is 1.06 bits per heavy atom. The highest BCUT2D eigenvalue weighted by Crippen LogP contribution is 2.21. The quantitative estimate of drug-likeness (QED) is 0.857. The predicted molar refractivity (Wildman–Crippen MR) is 68.7 cm³/mol. The topological polar surface area (TPSA) is 51.8 Å². The summed E-state index contributed by atoms with van der Waals surface area (Å²) in [5, 5.41) is 0. The van der Waals surface area contributed by atoms with Gasteiger partial charge in [0.05, 0.1) is 23.6 Å². The number of aromatic nitrogens is 2. The first-order chi connectivity index (χ1) is 8.08. The lowest BCUT2D eigenvalue weighted by Gasteiger charge is -2.14. The van der Waals surface area contributed by atoms with Crippen molar-refractivity contribution in [1.82, 2.24) is 9.97 Å². The van der Waals surface area contributed by atoms with Gasteiger partial charge in [-0.15, -0.1) is 0 Å². The number of hydrogen-bond acceptors (Lipinski definition) is 3. The summed E-state index contributed by atoms with van der Waals surface area (Å²) in [7, 11) is 0. The van der Waals surface area contributed by atoms with E-state index in [0.717, 1.165) is 17.0 Å². The minimum absolute atomic E-state index is 0.205. The Kier molecular flexibility index (Phi) is 3.20. The molecule has 0 fully saturated rings. The molecule has 1 heterocycles. The van der Waals surface area contributed by atoms with Gasteiger partial charge in [0, 0.05) is 6.20 Å². The van der Waals surface area contributed by atoms with Gasteiger partial charge in [0.15, 0.2) is 0 Å². The second kappa shape index (κ2) is 4.63. The zero-order valence-electron chi connectivity index (χ0n) is 10.4. The van der Waals surface area contributed by atoms with Crippen LogP contribution in [0.4, 0.5) is 0 Å². The lowest BCUT2D eigenvalue weighted by Crippen LogP contribution is -2.15. The molecule has 0 saturated carbocycles. The van der Waals surface area contributed by atoms with Crippen molar-refractivity contribution in [2.45, 2.75) is 26.8 Å². The standard InChI is InChI=1S/C14H17N3/c1-9-4-5-12(10(2)6-9)14(15)13-8-16-11(3)7-17-13/h4-8,14H,15H2,1-3H3. The van der Waals surface area contributed by atoms with Gasteiger partial charge in [-0.25, -0.2) is 0 Å². The molecule has 1 unspecified atom stereocenters. The molecule has 0 aliphatic carbocycles. The molecule has 88 valence electrons. The molecule has 17 heavy (non-hydrogen) atoms. The molecule has 0 bridgehead atoms. The summed E-state index contributed by atoms with van der Waals surface area (Å²) in [5.41, 5.74) is 11.5. The van der Waals surface area contributed by atoms with Crippen LogP contribution in [0.5, 0.6) is 0 Å². The largest absolute Gasteiger partial charge is 0.319 e. The first-order valence-corrected chi connectivity index (χ1v) is 5.69. The van der Waals surface area contributed by atoms with E-state index in [1.165, 1.54) is 11.1 Å². The summed E-state index contributed by atoms with van der Waals surface area (Å²) in [6.45, 7) is 6.07. The highest BCUT2D eigenvalue weighted by molar-refractivity contribution is 5.36. The third kappa shape index (κ3) is 2.50. The van der Waals surface area contributed by atoms with Gasteiger partial charge in [0.2, 0.25) is 0 Å². The van der Waals surface area contributed by atoms with Gasteiger partial charge in [0.1, 0.15) is 0 Å². The van der Waals surface area contributed by atoms with Crippen molar-refractivity contribution in [3.63, 3.8) is 0 Å². The van der Waals surface area contributed by atoms with Gasteiger partial charge in [0.25, 0.3) is 0 Å². The number of nitrogens with zero attached hydrogens (tertiary/aromatic N) is 2. The van der Waals surface area contributed by atoms with Gasteiger partial charge in [-0.2, -0.15) is 0 Å². The molecular formula is C14H17N3. The fourth-order valence-electron chi connectivity index (χ4n) is 1.90. The van der Waals surface area contributed by atoms with E-state index >= 15 is 0 Å². The molecule has 1 aromatic heterocycles. The third-order valence-corrected chi connectivity index (χ3v) is 2.88. The monoisotopic (exact) mass is 227 g/mol. The molecule has 1 aromatic carbocycles. The van der Waals surface area contributed by atoms with Crippen molar-refractivity contribution >= 4 is 0 Å². The molecule has 0 aliphatic heterocycles. The Hall–Kier alpha value is -1.74. The summed E-state index contributed by atoms with van der Waals surface area (Å²) < 4.78 is 0. The van der Waals surface area contributed by atoms with Gasteiger partial charge in [-0.1, -0.05) is 23.8 Å². The van der Waals surface area contributed by atoms with E-state index < -0.39 is 0 Å². The predicted octanol–water partition coefficient (Wildman–Crippen LogP) is 2.45. The van der Waals surface area contributed by atoms with E-state index in [1.807, 2.05) is 6.92 Å². The summed E-state index contributed by atoms with van der Waals surface area (Å²) in [4.78, 5) is 8.56. The second-order valence-electron chi connectivity index (χ2n) is 4.42. The Bertz CT molecular complexity index is 517. The molecular weight excluding hydrogens is 210 g/mol. The highest BCUT2D eigenvalue weighted by atomic mass is 14.8. The maximum atomic E-state index is 6.21. The number of hydrogen-bond donors (Lipinski definition) is 1. The maximum absolute atomic E-state index is 6.21. The normalized spacial score (nSPS) is 12.5. The van der Waals surface area contributed by atoms with Crippen LogP contribution >= 0.6 is 0 Å². The van der Waals surface area contributed by atoms with Crippen LogP contribution < -0.4 is 5.73 Å². The molecule has 2 aromatic rings. The van der Waals surface area contributed by atoms with E-state index in [9.17, 15) is 0 Å². The summed E-state index contributed by atoms with van der Waals surface area (Å²) in [6.07, 6.45) is 3.50. The molecule has 3 heteroatoms. The molecule has 2 rings (SSSR count). The minimum atomic E-state index is -0.205. The Morgan fingerprint density at radius 2 is 1.82 bits per heavy atom. The first kappa shape index (κ1) is 11.7. The van der Waals surface area contributed by atoms with E-state index in [4.69, 9.17) is 5.73 Å². The van der Waals surface area contributed by atoms with Crippen LogP contribution in [0, 0.1) is 20.8 Å². The summed E-state index contributed by atoms with van der Waals surface area (Å²) in [5.74, 6) is 0. The lowest BCUT2D eigenvalue weighted by atomic mass is 9.98. The average molecular weight is 227 g/mol. The number of nitrogens with two attached hydrogens (primary N) is 1. The van der Waals surface area contributed by atoms with Crippen molar-refractivity contribution in [2.75, 3.05) is 0 Å². The molecule has 3 nitrogen and oxygen atoms in total. The maximum Gasteiger partial charge on any atom is 0.0799 e. The van der Waals surface area contributed by atoms with E-state index in [-0.39, 0.29) is 6.04 Å². The molecule has 0 radical (unpaired) electrons. The van der Waals surface area contributed by atoms with Crippen LogP contribution in [0.2, 0.25) is 0 Å². The van der Waals surface area contributed by atoms with Crippen LogP contribution in [0.15, 0.2) is 30.6 Å². The first-order valence-electron chi connectivity index (χ1n) is 5.69. The van der Waals surface area contributed by atoms with Gasteiger partial charge in [-0.05, 0) is 31.9 Å². The highest BCUT2D eigenvalue weighted by Gasteiger charge is 2.12. The Morgan fingerprint density at radius 3 is 2.41 bits per heavy atom. The molecule has 2 N–H and O–H groups in total. The SMILES string of the molecule is Cc1ccc(C(N)c2cnc(C)cn2)c(C)c1. The van der Waals surface area contributed by atoms with E-state index in [0.29, 0.717) is 0 Å². The zero-order chi connectivity index (χ0) is 12.4. The van der Waals surface area contributed by atoms with Gasteiger partial charge < -0.3 is 5.73 Å². The number of benzene rings is 1. The summed E-state index contributed by atoms with van der Waals surface area (Å²) in [6, 6.07) is 6.07. The van der Waals surface area contributed by atoms with Gasteiger partial charge in [-0.3, -0.25) is 9.97 Å². The third-order valence-electron chi connectivity index (χ3n) is 2.88. The molecule has 1 atom stereocenters. The molecule has 0 aliphatic rings. The van der Waals surface area contributed by atoms with Crippen molar-refractivity contribution in [3.05, 3.63) is 58.7 Å². The van der Waals surface area contributed by atoms with Crippen molar-refractivity contribution in [2.24, 2.45) is 5.73 Å². The number of aryl methyl sites for hydroxylation is 3. The average Bonchev–Trinajstić information content (AvgIpc) is 2.29. The van der Waals surface area contributed by atoms with Crippen molar-refractivity contribution in [3.8, 4) is 0 Å². The lowest BCUT2D eigenvalue weighted by molar-refractivity contribution is 0.806. The van der Waals surface area contributed by atoms with E-state index in [2.05, 4.69) is 42.0 Å². The number of rotatable bonds is 2. The minimum Gasteiger partial charge on any atom is -0.319 e. The molecule has 0 spiro atoms. The van der Waals surface area contributed by atoms with Crippen LogP contribution in [-0.2, 0) is 0 Å². The second-order valence-corrected chi connectivity index (χ2v) is 4.42. The van der Waals surface area contributed by atoms with Crippen molar-refractivity contribution < 1.29 is 0 Å². The fraction of sp³-hybridized carbons (Fsp3) is 0.286. The van der Waals surface area contributed by atoms with Crippen LogP contribution in [-0.4, -0.2) is 9.97 Å². The van der Waals surface area contributed by atoms with E-state index in [1.54, 1.807) is 12.4 Å². The van der Waals surface area contributed by atoms with Crippen LogP contribution in [0.25, 0.3) is 0 Å².